The Labute approximate surface area is 256 Å². The Kier molecular flexibility index (Phi) is 10.5. The zero-order valence-electron chi connectivity index (χ0n) is 24.1. The van der Waals surface area contributed by atoms with Gasteiger partial charge in [0.2, 0.25) is 5.91 Å². The third kappa shape index (κ3) is 9.79. The topological polar surface area (TPSA) is 119 Å². The fraction of sp³-hybridized carbons (Fsp3) is 0.387. The number of hydrogen-bond donors (Lipinski definition) is 3. The van der Waals surface area contributed by atoms with Gasteiger partial charge in [-0.2, -0.15) is 0 Å². The minimum absolute atomic E-state index is 0.0164. The number of nitrogens with two attached hydrogens (primary N) is 1. The van der Waals surface area contributed by atoms with Crippen molar-refractivity contribution >= 4 is 41.0 Å². The fourth-order valence-electron chi connectivity index (χ4n) is 4.89. The van der Waals surface area contributed by atoms with Gasteiger partial charge < -0.3 is 25.8 Å². The van der Waals surface area contributed by atoms with Gasteiger partial charge in [0.25, 0.3) is 0 Å². The summed E-state index contributed by atoms with van der Waals surface area (Å²) < 4.78 is 11.4. The first kappa shape index (κ1) is 31.4. The molecular weight excluding hydrogens is 577 g/mol. The van der Waals surface area contributed by atoms with E-state index >= 15 is 0 Å². The molecule has 1 aromatic heterocycles. The van der Waals surface area contributed by atoms with Gasteiger partial charge in [-0.3, -0.25) is 9.69 Å². The van der Waals surface area contributed by atoms with E-state index in [4.69, 9.17) is 38.4 Å². The van der Waals surface area contributed by atoms with Crippen LogP contribution in [0.1, 0.15) is 39.2 Å². The number of amides is 2. The van der Waals surface area contributed by atoms with Gasteiger partial charge in [-0.15, -0.1) is 0 Å². The van der Waals surface area contributed by atoms with Crippen LogP contribution < -0.4 is 21.1 Å². The molecule has 2 amide bonds. The second kappa shape index (κ2) is 14.1. The third-order valence-electron chi connectivity index (χ3n) is 6.96. The maximum Gasteiger partial charge on any atom is 0.405 e. The number of aromatic nitrogens is 1. The maximum atomic E-state index is 11.3. The van der Waals surface area contributed by atoms with Crippen LogP contribution in [0, 0.1) is 5.92 Å². The summed E-state index contributed by atoms with van der Waals surface area (Å²) in [6.45, 7) is 8.80. The van der Waals surface area contributed by atoms with Gasteiger partial charge in [0.05, 0.1) is 12.7 Å². The largest absolute Gasteiger partial charge is 0.456 e. The molecule has 9 nitrogen and oxygen atoms in total. The van der Waals surface area contributed by atoms with Crippen molar-refractivity contribution < 1.29 is 19.1 Å². The monoisotopic (exact) mass is 613 g/mol. The second-order valence-corrected chi connectivity index (χ2v) is 12.1. The number of rotatable bonds is 11. The summed E-state index contributed by atoms with van der Waals surface area (Å²) in [4.78, 5) is 29.2. The second-order valence-electron chi connectivity index (χ2n) is 11.2. The van der Waals surface area contributed by atoms with Crippen LogP contribution in [0.4, 0.5) is 10.6 Å². The molecule has 3 aromatic rings. The maximum absolute atomic E-state index is 11.3. The van der Waals surface area contributed by atoms with E-state index in [1.165, 1.54) is 0 Å². The Bertz CT molecular complexity index is 1370. The zero-order valence-corrected chi connectivity index (χ0v) is 25.6. The highest BCUT2D eigenvalue weighted by atomic mass is 35.5. The van der Waals surface area contributed by atoms with Crippen LogP contribution in [0.2, 0.25) is 10.0 Å². The Hall–Kier alpha value is -3.53. The molecule has 0 bridgehead atoms. The lowest BCUT2D eigenvalue weighted by atomic mass is 9.96. The number of benzene rings is 2. The zero-order chi connectivity index (χ0) is 30.3. The van der Waals surface area contributed by atoms with Crippen LogP contribution in [0.15, 0.2) is 54.7 Å². The average Bonchev–Trinajstić information content (AvgIpc) is 2.91. The Morgan fingerprint density at radius 1 is 1.02 bits per heavy atom. The van der Waals surface area contributed by atoms with Crippen molar-refractivity contribution in [3.05, 3.63) is 70.3 Å². The van der Waals surface area contributed by atoms with Gasteiger partial charge in [0, 0.05) is 30.1 Å². The van der Waals surface area contributed by atoms with Crippen molar-refractivity contribution in [2.75, 3.05) is 31.5 Å². The van der Waals surface area contributed by atoms with E-state index in [2.05, 4.69) is 26.6 Å². The highest BCUT2D eigenvalue weighted by molar-refractivity contribution is 6.35. The van der Waals surface area contributed by atoms with Crippen LogP contribution in [0.5, 0.6) is 11.5 Å². The molecule has 0 radical (unpaired) electrons. The molecule has 1 saturated heterocycles. The average molecular weight is 615 g/mol. The number of pyridine rings is 1. The summed E-state index contributed by atoms with van der Waals surface area (Å²) in [6, 6.07) is 15.2. The predicted molar refractivity (Wildman–Crippen MR) is 166 cm³/mol. The molecule has 0 saturated carbocycles. The Morgan fingerprint density at radius 3 is 2.33 bits per heavy atom. The predicted octanol–water partition coefficient (Wildman–Crippen LogP) is 6.48. The standard InChI is InChI=1S/C31H37Cl2N5O4/c1-20(39)35-16-21-6-8-38(9-7-21)18-22-10-23(24-12-25(32)15-26(33)13-24)14-28(11-22)41-27-4-5-29(36-17-27)37-19-31(2,3)42-30(34)40/h4-5,10-15,17,21H,6-9,16,18-19H2,1-3H3,(H2,34,40)(H,35,39)(H,36,37). The van der Waals surface area contributed by atoms with Crippen LogP contribution in [-0.2, 0) is 16.1 Å². The number of ether oxygens (including phenoxy) is 2. The first-order valence-electron chi connectivity index (χ1n) is 13.9. The highest BCUT2D eigenvalue weighted by Crippen LogP contribution is 2.33. The third-order valence-corrected chi connectivity index (χ3v) is 7.40. The number of primary amides is 1. The summed E-state index contributed by atoms with van der Waals surface area (Å²) in [5, 5.41) is 7.20. The molecule has 0 atom stereocenters. The summed E-state index contributed by atoms with van der Waals surface area (Å²) in [5.74, 6) is 2.35. The van der Waals surface area contributed by atoms with Gasteiger partial charge in [-0.05, 0) is 111 Å². The number of nitrogens with one attached hydrogen (secondary N) is 2. The highest BCUT2D eigenvalue weighted by Gasteiger charge is 2.22. The van der Waals surface area contributed by atoms with Gasteiger partial charge in [0.1, 0.15) is 22.9 Å². The van der Waals surface area contributed by atoms with Gasteiger partial charge in [-0.1, -0.05) is 23.2 Å². The number of carbonyl (C=O) groups is 2. The van der Waals surface area contributed by atoms with E-state index in [1.54, 1.807) is 39.1 Å². The SMILES string of the molecule is CC(=O)NCC1CCN(Cc2cc(Oc3ccc(NCC(C)(C)OC(N)=O)nc3)cc(-c3cc(Cl)cc(Cl)c3)c2)CC1. The number of nitrogens with zero attached hydrogens (tertiary/aromatic N) is 2. The molecule has 1 aliphatic rings. The van der Waals surface area contributed by atoms with Gasteiger partial charge in [-0.25, -0.2) is 9.78 Å². The van der Waals surface area contributed by atoms with E-state index in [1.807, 2.05) is 30.3 Å². The van der Waals surface area contributed by atoms with Crippen molar-refractivity contribution in [3.8, 4) is 22.6 Å². The summed E-state index contributed by atoms with van der Waals surface area (Å²) in [5.41, 5.74) is 7.29. The van der Waals surface area contributed by atoms with Crippen LogP contribution >= 0.6 is 23.2 Å². The van der Waals surface area contributed by atoms with Crippen LogP contribution in [0.25, 0.3) is 11.1 Å². The quantitative estimate of drug-likeness (QED) is 0.226. The molecule has 11 heteroatoms. The molecule has 0 spiro atoms. The fourth-order valence-corrected chi connectivity index (χ4v) is 5.41. The first-order valence-corrected chi connectivity index (χ1v) is 14.6. The minimum atomic E-state index is -0.827. The number of anilines is 1. The molecule has 2 heterocycles. The van der Waals surface area contributed by atoms with Crippen molar-refractivity contribution in [1.29, 1.82) is 0 Å². The number of likely N-dealkylation sites (tertiary alicyclic amines) is 1. The lowest BCUT2D eigenvalue weighted by Gasteiger charge is -2.32. The Morgan fingerprint density at radius 2 is 1.71 bits per heavy atom. The molecule has 1 aliphatic heterocycles. The number of hydrogen-bond acceptors (Lipinski definition) is 7. The van der Waals surface area contributed by atoms with Crippen molar-refractivity contribution in [1.82, 2.24) is 15.2 Å². The van der Waals surface area contributed by atoms with E-state index in [-0.39, 0.29) is 5.91 Å². The first-order chi connectivity index (χ1) is 19.9. The van der Waals surface area contributed by atoms with E-state index < -0.39 is 11.7 Å². The van der Waals surface area contributed by atoms with Gasteiger partial charge >= 0.3 is 6.09 Å². The summed E-state index contributed by atoms with van der Waals surface area (Å²) in [6.07, 6.45) is 2.87. The molecule has 42 heavy (non-hydrogen) atoms. The molecule has 0 unspecified atom stereocenters. The van der Waals surface area contributed by atoms with Crippen LogP contribution in [0.3, 0.4) is 0 Å². The molecule has 1 fully saturated rings. The molecule has 4 N–H and O–H groups in total. The van der Waals surface area contributed by atoms with Crippen molar-refractivity contribution in [2.45, 2.75) is 45.8 Å². The smallest absolute Gasteiger partial charge is 0.405 e. The molecule has 4 rings (SSSR count). The summed E-state index contributed by atoms with van der Waals surface area (Å²) in [7, 11) is 0. The number of halogens is 2. The lowest BCUT2D eigenvalue weighted by Crippen LogP contribution is -2.37. The van der Waals surface area contributed by atoms with Gasteiger partial charge in [0.15, 0.2) is 0 Å². The van der Waals surface area contributed by atoms with E-state index in [0.717, 1.165) is 55.7 Å². The van der Waals surface area contributed by atoms with Crippen molar-refractivity contribution in [2.24, 2.45) is 11.7 Å². The van der Waals surface area contributed by atoms with Crippen molar-refractivity contribution in [3.63, 3.8) is 0 Å². The minimum Gasteiger partial charge on any atom is -0.456 e. The van der Waals surface area contributed by atoms with E-state index in [9.17, 15) is 9.59 Å². The molecule has 224 valence electrons. The number of piperidine rings is 1. The molecule has 0 aliphatic carbocycles. The molecule has 2 aromatic carbocycles. The van der Waals surface area contributed by atoms with E-state index in [0.29, 0.717) is 39.8 Å². The van der Waals surface area contributed by atoms with Crippen LogP contribution in [-0.4, -0.2) is 53.7 Å². The Balaban J connectivity index is 1.48. The lowest BCUT2D eigenvalue weighted by molar-refractivity contribution is -0.119. The summed E-state index contributed by atoms with van der Waals surface area (Å²) >= 11 is 12.6. The number of carbonyl (C=O) groups excluding carboxylic acids is 2. The normalized spacial score (nSPS) is 14.3. The molecular formula is C31H37Cl2N5O4.